The maximum absolute atomic E-state index is 4.30. The number of fused-ring (bicyclic) bond motifs is 3. The number of pyridine rings is 1. The molecule has 3 atom stereocenters. The standard InChI is InChI=1S/C21H25N3/c1-2-4-19(5-3-1)24-15-21-12-20(24)7-9-23(21)14-16-10-17-6-8-22-13-18(17)11-16/h1-6,8,13,16,20-21H,7,9-12,14-15H2. The lowest BCUT2D eigenvalue weighted by molar-refractivity contribution is 0.151. The van der Waals surface area contributed by atoms with E-state index >= 15 is 0 Å². The number of rotatable bonds is 3. The van der Waals surface area contributed by atoms with E-state index in [4.69, 9.17) is 0 Å². The van der Waals surface area contributed by atoms with Crippen molar-refractivity contribution in [3.8, 4) is 0 Å². The third kappa shape index (κ3) is 2.51. The fraction of sp³-hybridized carbons (Fsp3) is 0.476. The van der Waals surface area contributed by atoms with Crippen LogP contribution in [0, 0.1) is 5.92 Å². The molecule has 3 heteroatoms. The summed E-state index contributed by atoms with van der Waals surface area (Å²) >= 11 is 0. The van der Waals surface area contributed by atoms with E-state index in [1.807, 2.05) is 6.20 Å². The van der Waals surface area contributed by atoms with Gasteiger partial charge in [0.2, 0.25) is 0 Å². The van der Waals surface area contributed by atoms with E-state index in [1.165, 1.54) is 62.1 Å². The number of likely N-dealkylation sites (tertiary alicyclic amines) is 1. The molecule has 3 aliphatic rings. The summed E-state index contributed by atoms with van der Waals surface area (Å²) < 4.78 is 0. The molecule has 2 aliphatic heterocycles. The Balaban J connectivity index is 1.26. The van der Waals surface area contributed by atoms with E-state index in [2.05, 4.69) is 57.4 Å². The molecule has 1 aromatic heterocycles. The molecule has 24 heavy (non-hydrogen) atoms. The number of anilines is 1. The predicted molar refractivity (Wildman–Crippen MR) is 97.3 cm³/mol. The summed E-state index contributed by atoms with van der Waals surface area (Å²) in [5.74, 6) is 0.784. The molecule has 124 valence electrons. The molecule has 2 fully saturated rings. The Labute approximate surface area is 144 Å². The third-order valence-electron chi connectivity index (χ3n) is 6.26. The van der Waals surface area contributed by atoms with Gasteiger partial charge in [0.15, 0.2) is 0 Å². The molecule has 3 nitrogen and oxygen atoms in total. The van der Waals surface area contributed by atoms with E-state index in [0.717, 1.165) is 18.0 Å². The fourth-order valence-electron chi connectivity index (χ4n) is 5.10. The molecule has 2 bridgehead atoms. The second-order valence-corrected chi connectivity index (χ2v) is 7.73. The zero-order valence-corrected chi connectivity index (χ0v) is 14.1. The van der Waals surface area contributed by atoms with E-state index in [1.54, 1.807) is 0 Å². The molecule has 0 radical (unpaired) electrons. The van der Waals surface area contributed by atoms with Crippen LogP contribution in [0.15, 0.2) is 48.8 Å². The van der Waals surface area contributed by atoms with E-state index in [9.17, 15) is 0 Å². The van der Waals surface area contributed by atoms with Crippen LogP contribution in [-0.2, 0) is 12.8 Å². The monoisotopic (exact) mass is 319 g/mol. The van der Waals surface area contributed by atoms with Gasteiger partial charge in [0.05, 0.1) is 0 Å². The first kappa shape index (κ1) is 14.5. The number of hydrogen-bond donors (Lipinski definition) is 0. The lowest BCUT2D eigenvalue weighted by Crippen LogP contribution is -2.43. The second kappa shape index (κ2) is 5.89. The van der Waals surface area contributed by atoms with Crippen LogP contribution in [0.2, 0.25) is 0 Å². The van der Waals surface area contributed by atoms with Crippen molar-refractivity contribution >= 4 is 5.69 Å². The van der Waals surface area contributed by atoms with Crippen LogP contribution >= 0.6 is 0 Å². The van der Waals surface area contributed by atoms with Crippen LogP contribution in [0.25, 0.3) is 0 Å². The van der Waals surface area contributed by atoms with Gasteiger partial charge in [-0.2, -0.15) is 0 Å². The molecule has 2 saturated heterocycles. The van der Waals surface area contributed by atoms with Gasteiger partial charge in [0.25, 0.3) is 0 Å². The smallest absolute Gasteiger partial charge is 0.0369 e. The molecule has 1 aromatic carbocycles. The molecule has 0 amide bonds. The second-order valence-electron chi connectivity index (χ2n) is 7.73. The summed E-state index contributed by atoms with van der Waals surface area (Å²) in [4.78, 5) is 9.73. The van der Waals surface area contributed by atoms with Gasteiger partial charge in [-0.15, -0.1) is 0 Å². The summed E-state index contributed by atoms with van der Waals surface area (Å²) in [5, 5.41) is 0. The molecule has 3 heterocycles. The first-order valence-electron chi connectivity index (χ1n) is 9.34. The van der Waals surface area contributed by atoms with E-state index in [-0.39, 0.29) is 0 Å². The van der Waals surface area contributed by atoms with Gasteiger partial charge < -0.3 is 4.90 Å². The van der Waals surface area contributed by atoms with Crippen LogP contribution in [0.3, 0.4) is 0 Å². The molecule has 3 unspecified atom stereocenters. The van der Waals surface area contributed by atoms with Gasteiger partial charge in [-0.05, 0) is 60.9 Å². The van der Waals surface area contributed by atoms with Crippen LogP contribution in [0.1, 0.15) is 24.0 Å². The average molecular weight is 319 g/mol. The highest BCUT2D eigenvalue weighted by Crippen LogP contribution is 2.35. The molecular formula is C21H25N3. The third-order valence-corrected chi connectivity index (χ3v) is 6.26. The Morgan fingerprint density at radius 1 is 1.00 bits per heavy atom. The predicted octanol–water partition coefficient (Wildman–Crippen LogP) is 3.15. The summed E-state index contributed by atoms with van der Waals surface area (Å²) in [7, 11) is 0. The first-order chi connectivity index (χ1) is 11.9. The highest BCUT2D eigenvalue weighted by molar-refractivity contribution is 5.49. The number of piperidine rings is 1. The number of benzene rings is 1. The highest BCUT2D eigenvalue weighted by atomic mass is 15.3. The van der Waals surface area contributed by atoms with Crippen molar-refractivity contribution in [2.45, 2.75) is 37.8 Å². The average Bonchev–Trinajstić information content (AvgIpc) is 3.19. The summed E-state index contributed by atoms with van der Waals surface area (Å²) in [6.07, 6.45) is 9.14. The molecule has 0 saturated carbocycles. The number of nitrogens with zero attached hydrogens (tertiary/aromatic N) is 3. The van der Waals surface area contributed by atoms with Gasteiger partial charge >= 0.3 is 0 Å². The zero-order chi connectivity index (χ0) is 15.9. The van der Waals surface area contributed by atoms with Gasteiger partial charge in [-0.1, -0.05) is 18.2 Å². The van der Waals surface area contributed by atoms with E-state index < -0.39 is 0 Å². The molecule has 2 aromatic rings. The topological polar surface area (TPSA) is 19.4 Å². The summed E-state index contributed by atoms with van der Waals surface area (Å²) in [5.41, 5.74) is 4.42. The van der Waals surface area contributed by atoms with Gasteiger partial charge in [0.1, 0.15) is 0 Å². The Morgan fingerprint density at radius 3 is 2.75 bits per heavy atom. The van der Waals surface area contributed by atoms with Crippen molar-refractivity contribution in [2.75, 3.05) is 24.5 Å². The van der Waals surface area contributed by atoms with Gasteiger partial charge in [0, 0.05) is 49.8 Å². The Morgan fingerprint density at radius 2 is 1.88 bits per heavy atom. The SMILES string of the molecule is c1ccc(N2CC3CC2CCN3CC2Cc3ccncc3C2)cc1. The lowest BCUT2D eigenvalue weighted by atomic mass is 9.98. The van der Waals surface area contributed by atoms with Crippen molar-refractivity contribution in [1.29, 1.82) is 0 Å². The van der Waals surface area contributed by atoms with Gasteiger partial charge in [-0.25, -0.2) is 0 Å². The number of hydrogen-bond acceptors (Lipinski definition) is 3. The Hall–Kier alpha value is -1.87. The largest absolute Gasteiger partial charge is 0.367 e. The minimum atomic E-state index is 0.741. The molecular weight excluding hydrogens is 294 g/mol. The quantitative estimate of drug-likeness (QED) is 0.866. The summed E-state index contributed by atoms with van der Waals surface area (Å²) in [6.45, 7) is 3.73. The first-order valence-corrected chi connectivity index (χ1v) is 9.34. The van der Waals surface area contributed by atoms with E-state index in [0.29, 0.717) is 0 Å². The maximum atomic E-state index is 4.30. The van der Waals surface area contributed by atoms with Crippen molar-refractivity contribution in [3.05, 3.63) is 59.9 Å². The fourth-order valence-corrected chi connectivity index (χ4v) is 5.10. The molecule has 1 aliphatic carbocycles. The molecule has 5 rings (SSSR count). The van der Waals surface area contributed by atoms with Crippen molar-refractivity contribution in [1.82, 2.24) is 9.88 Å². The van der Waals surface area contributed by atoms with Crippen LogP contribution < -0.4 is 4.90 Å². The summed E-state index contributed by atoms with van der Waals surface area (Å²) in [6, 6.07) is 14.7. The number of aromatic nitrogens is 1. The Kier molecular flexibility index (Phi) is 3.55. The molecule has 0 spiro atoms. The lowest BCUT2D eigenvalue weighted by Gasteiger charge is -2.34. The number of para-hydroxylation sites is 1. The minimum absolute atomic E-state index is 0.741. The van der Waals surface area contributed by atoms with Crippen LogP contribution in [-0.4, -0.2) is 41.6 Å². The zero-order valence-electron chi connectivity index (χ0n) is 14.1. The van der Waals surface area contributed by atoms with Crippen molar-refractivity contribution < 1.29 is 0 Å². The van der Waals surface area contributed by atoms with Crippen molar-refractivity contribution in [2.24, 2.45) is 5.92 Å². The van der Waals surface area contributed by atoms with Crippen molar-refractivity contribution in [3.63, 3.8) is 0 Å². The van der Waals surface area contributed by atoms with Gasteiger partial charge in [-0.3, -0.25) is 9.88 Å². The van der Waals surface area contributed by atoms with Crippen LogP contribution in [0.5, 0.6) is 0 Å². The molecule has 0 N–H and O–H groups in total. The van der Waals surface area contributed by atoms with Crippen LogP contribution in [0.4, 0.5) is 5.69 Å². The minimum Gasteiger partial charge on any atom is -0.367 e. The maximum Gasteiger partial charge on any atom is 0.0369 e. The Bertz CT molecular complexity index is 689. The highest BCUT2D eigenvalue weighted by Gasteiger charge is 2.40. The normalized spacial score (nSPS) is 29.0.